The summed E-state index contributed by atoms with van der Waals surface area (Å²) in [4.78, 5) is 16.7. The van der Waals surface area contributed by atoms with Gasteiger partial charge in [-0.3, -0.25) is 4.79 Å². The van der Waals surface area contributed by atoms with Crippen molar-refractivity contribution in [2.45, 2.75) is 26.3 Å². The van der Waals surface area contributed by atoms with Crippen LogP contribution in [0.3, 0.4) is 0 Å². The van der Waals surface area contributed by atoms with Crippen LogP contribution in [0.1, 0.15) is 30.0 Å². The Morgan fingerprint density at radius 2 is 2.21 bits per heavy atom. The molecule has 4 nitrogen and oxygen atoms in total. The molecule has 0 spiro atoms. The number of nitrogens with zero attached hydrogens (tertiary/aromatic N) is 1. The summed E-state index contributed by atoms with van der Waals surface area (Å²) in [5.41, 5.74) is 1.71. The molecule has 6 heteroatoms. The van der Waals surface area contributed by atoms with Gasteiger partial charge in [-0.25, -0.2) is 4.98 Å². The van der Waals surface area contributed by atoms with E-state index in [1.807, 2.05) is 55.6 Å². The van der Waals surface area contributed by atoms with E-state index in [4.69, 9.17) is 16.0 Å². The second-order valence-corrected chi connectivity index (χ2v) is 6.87. The fourth-order valence-electron chi connectivity index (χ4n) is 2.37. The van der Waals surface area contributed by atoms with Gasteiger partial charge in [-0.1, -0.05) is 23.7 Å². The average Bonchev–Trinajstić information content (AvgIpc) is 3.16. The first-order valence-corrected chi connectivity index (χ1v) is 8.83. The fourth-order valence-corrected chi connectivity index (χ4v) is 3.35. The Hall–Kier alpha value is -2.11. The number of nitrogens with one attached hydrogen (secondary N) is 1. The van der Waals surface area contributed by atoms with Gasteiger partial charge in [-0.2, -0.15) is 0 Å². The van der Waals surface area contributed by atoms with Crippen LogP contribution in [0.25, 0.3) is 10.8 Å². The first-order chi connectivity index (χ1) is 11.5. The van der Waals surface area contributed by atoms with E-state index in [0.29, 0.717) is 5.02 Å². The van der Waals surface area contributed by atoms with Crippen molar-refractivity contribution in [1.29, 1.82) is 0 Å². The number of rotatable bonds is 5. The fraction of sp³-hybridized carbons (Fsp3) is 0.222. The van der Waals surface area contributed by atoms with Gasteiger partial charge in [0.15, 0.2) is 10.8 Å². The third-order valence-corrected chi connectivity index (χ3v) is 4.71. The van der Waals surface area contributed by atoms with Gasteiger partial charge in [0, 0.05) is 10.4 Å². The molecule has 0 aliphatic rings. The van der Waals surface area contributed by atoms with Crippen molar-refractivity contribution in [2.75, 3.05) is 0 Å². The van der Waals surface area contributed by atoms with Crippen molar-refractivity contribution in [3.8, 4) is 10.8 Å². The highest BCUT2D eigenvalue weighted by atomic mass is 35.5. The average molecular weight is 361 g/mol. The molecule has 3 rings (SSSR count). The molecule has 0 aliphatic carbocycles. The molecule has 1 atom stereocenters. The van der Waals surface area contributed by atoms with Crippen LogP contribution in [0.2, 0.25) is 5.02 Å². The smallest absolute Gasteiger partial charge is 0.226 e. The quantitative estimate of drug-likeness (QED) is 0.712. The molecule has 0 aliphatic heterocycles. The second kappa shape index (κ2) is 7.20. The number of amides is 1. The summed E-state index contributed by atoms with van der Waals surface area (Å²) in [6.45, 7) is 3.82. The molecule has 0 unspecified atom stereocenters. The number of benzene rings is 1. The standard InChI is InChI=1S/C18H17ClN2O2S/c1-11-6-7-16(23-11)18-21-15(10-24-18)9-17(22)20-12(2)13-4-3-5-14(19)8-13/h3-8,10,12H,9H2,1-2H3,(H,20,22)/t12-/m0/s1. The Morgan fingerprint density at radius 1 is 1.38 bits per heavy atom. The molecule has 24 heavy (non-hydrogen) atoms. The number of carbonyl (C=O) groups excluding carboxylic acids is 1. The van der Waals surface area contributed by atoms with Gasteiger partial charge >= 0.3 is 0 Å². The van der Waals surface area contributed by atoms with E-state index in [9.17, 15) is 4.79 Å². The monoisotopic (exact) mass is 360 g/mol. The summed E-state index contributed by atoms with van der Waals surface area (Å²) in [7, 11) is 0. The summed E-state index contributed by atoms with van der Waals surface area (Å²) in [5.74, 6) is 1.50. The summed E-state index contributed by atoms with van der Waals surface area (Å²) < 4.78 is 5.56. The van der Waals surface area contributed by atoms with Crippen LogP contribution in [0.4, 0.5) is 0 Å². The number of aryl methyl sites for hydroxylation is 1. The third-order valence-electron chi connectivity index (χ3n) is 3.57. The number of aromatic nitrogens is 1. The molecular formula is C18H17ClN2O2S. The van der Waals surface area contributed by atoms with Crippen LogP contribution in [-0.4, -0.2) is 10.9 Å². The van der Waals surface area contributed by atoms with Gasteiger partial charge in [-0.15, -0.1) is 11.3 Å². The van der Waals surface area contributed by atoms with Gasteiger partial charge in [-0.05, 0) is 43.7 Å². The largest absolute Gasteiger partial charge is 0.459 e. The Kier molecular flexibility index (Phi) is 5.02. The van der Waals surface area contributed by atoms with Crippen molar-refractivity contribution >= 4 is 28.8 Å². The molecule has 2 aromatic heterocycles. The minimum atomic E-state index is -0.109. The maximum absolute atomic E-state index is 12.2. The van der Waals surface area contributed by atoms with Crippen molar-refractivity contribution in [3.63, 3.8) is 0 Å². The molecular weight excluding hydrogens is 344 g/mol. The number of carbonyl (C=O) groups is 1. The number of furan rings is 1. The summed E-state index contributed by atoms with van der Waals surface area (Å²) in [5, 5.41) is 6.30. The van der Waals surface area contributed by atoms with E-state index in [1.54, 1.807) is 0 Å². The SMILES string of the molecule is Cc1ccc(-c2nc(CC(=O)N[C@@H](C)c3cccc(Cl)c3)cs2)o1. The predicted octanol–water partition coefficient (Wildman–Crippen LogP) is 4.78. The Balaban J connectivity index is 1.62. The zero-order valence-corrected chi connectivity index (χ0v) is 14.9. The van der Waals surface area contributed by atoms with Crippen LogP contribution < -0.4 is 5.32 Å². The second-order valence-electron chi connectivity index (χ2n) is 5.58. The lowest BCUT2D eigenvalue weighted by Crippen LogP contribution is -2.28. The van der Waals surface area contributed by atoms with E-state index in [-0.39, 0.29) is 18.4 Å². The van der Waals surface area contributed by atoms with E-state index in [1.165, 1.54) is 11.3 Å². The minimum absolute atomic E-state index is 0.0741. The molecule has 1 aromatic carbocycles. The molecule has 2 heterocycles. The predicted molar refractivity (Wildman–Crippen MR) is 96.3 cm³/mol. The van der Waals surface area contributed by atoms with E-state index in [2.05, 4.69) is 10.3 Å². The molecule has 0 radical (unpaired) electrons. The lowest BCUT2D eigenvalue weighted by Gasteiger charge is -2.14. The van der Waals surface area contributed by atoms with Gasteiger partial charge in [0.2, 0.25) is 5.91 Å². The van der Waals surface area contributed by atoms with Crippen LogP contribution >= 0.6 is 22.9 Å². The van der Waals surface area contributed by atoms with Gasteiger partial charge in [0.25, 0.3) is 0 Å². The minimum Gasteiger partial charge on any atom is -0.459 e. The van der Waals surface area contributed by atoms with Gasteiger partial charge < -0.3 is 9.73 Å². The van der Waals surface area contributed by atoms with Crippen molar-refractivity contribution < 1.29 is 9.21 Å². The molecule has 0 fully saturated rings. The molecule has 1 amide bonds. The highest BCUT2D eigenvalue weighted by Crippen LogP contribution is 2.25. The van der Waals surface area contributed by atoms with Crippen LogP contribution in [0.15, 0.2) is 46.2 Å². The lowest BCUT2D eigenvalue weighted by atomic mass is 10.1. The number of hydrogen-bond donors (Lipinski definition) is 1. The molecule has 124 valence electrons. The third kappa shape index (κ3) is 4.04. The maximum atomic E-state index is 12.2. The van der Waals surface area contributed by atoms with Crippen molar-refractivity contribution in [3.05, 3.63) is 63.8 Å². The van der Waals surface area contributed by atoms with E-state index in [0.717, 1.165) is 27.8 Å². The Morgan fingerprint density at radius 3 is 2.92 bits per heavy atom. The molecule has 3 aromatic rings. The van der Waals surface area contributed by atoms with Crippen LogP contribution in [0, 0.1) is 6.92 Å². The van der Waals surface area contributed by atoms with E-state index >= 15 is 0 Å². The lowest BCUT2D eigenvalue weighted by molar-refractivity contribution is -0.121. The number of halogens is 1. The Bertz CT molecular complexity index is 856. The molecule has 0 bridgehead atoms. The van der Waals surface area contributed by atoms with Crippen molar-refractivity contribution in [1.82, 2.24) is 10.3 Å². The summed E-state index contributed by atoms with van der Waals surface area (Å²) >= 11 is 7.46. The maximum Gasteiger partial charge on any atom is 0.226 e. The first-order valence-electron chi connectivity index (χ1n) is 7.57. The van der Waals surface area contributed by atoms with Crippen LogP contribution in [-0.2, 0) is 11.2 Å². The molecule has 0 saturated heterocycles. The molecule has 1 N–H and O–H groups in total. The normalized spacial score (nSPS) is 12.1. The highest BCUT2D eigenvalue weighted by molar-refractivity contribution is 7.13. The van der Waals surface area contributed by atoms with Gasteiger partial charge in [0.05, 0.1) is 18.2 Å². The zero-order chi connectivity index (χ0) is 17.1. The topological polar surface area (TPSA) is 55.1 Å². The van der Waals surface area contributed by atoms with Crippen LogP contribution in [0.5, 0.6) is 0 Å². The molecule has 0 saturated carbocycles. The summed E-state index contributed by atoms with van der Waals surface area (Å²) in [6, 6.07) is 11.2. The Labute approximate surface area is 149 Å². The summed E-state index contributed by atoms with van der Waals surface area (Å²) in [6.07, 6.45) is 0.237. The number of hydrogen-bond acceptors (Lipinski definition) is 4. The first kappa shape index (κ1) is 16.7. The van der Waals surface area contributed by atoms with Crippen molar-refractivity contribution in [2.24, 2.45) is 0 Å². The van der Waals surface area contributed by atoms with Gasteiger partial charge in [0.1, 0.15) is 5.76 Å². The highest BCUT2D eigenvalue weighted by Gasteiger charge is 2.14. The van der Waals surface area contributed by atoms with E-state index < -0.39 is 0 Å². The zero-order valence-electron chi connectivity index (χ0n) is 13.4. The number of thiazole rings is 1.